The zero-order chi connectivity index (χ0) is 18.5. The van der Waals surface area contributed by atoms with Gasteiger partial charge in [0.1, 0.15) is 0 Å². The van der Waals surface area contributed by atoms with Crippen LogP contribution in [-0.4, -0.2) is 21.1 Å². The lowest BCUT2D eigenvalue weighted by Crippen LogP contribution is -2.22. The summed E-state index contributed by atoms with van der Waals surface area (Å²) in [4.78, 5) is 17.1. The first-order valence-electron chi connectivity index (χ1n) is 8.68. The van der Waals surface area contributed by atoms with Gasteiger partial charge >= 0.3 is 0 Å². The van der Waals surface area contributed by atoms with Crippen LogP contribution in [-0.2, 0) is 4.79 Å². The number of nitrogens with one attached hydrogen (secondary N) is 2. The van der Waals surface area contributed by atoms with Crippen LogP contribution in [0, 0.1) is 0 Å². The second-order valence-corrected chi connectivity index (χ2v) is 6.15. The van der Waals surface area contributed by atoms with Crippen molar-refractivity contribution in [3.8, 4) is 11.3 Å². The van der Waals surface area contributed by atoms with Gasteiger partial charge < -0.3 is 5.32 Å². The maximum Gasteiger partial charge on any atom is 0.237 e. The van der Waals surface area contributed by atoms with E-state index in [0.29, 0.717) is 5.82 Å². The highest BCUT2D eigenvalue weighted by atomic mass is 16.2. The Balaban J connectivity index is 1.61. The average molecular weight is 354 g/mol. The van der Waals surface area contributed by atoms with Crippen molar-refractivity contribution >= 4 is 11.7 Å². The Morgan fingerprint density at radius 1 is 0.852 bits per heavy atom. The second-order valence-electron chi connectivity index (χ2n) is 6.15. The van der Waals surface area contributed by atoms with Gasteiger partial charge in [-0.05, 0) is 23.3 Å². The van der Waals surface area contributed by atoms with E-state index in [1.54, 1.807) is 12.4 Å². The Labute approximate surface area is 157 Å². The van der Waals surface area contributed by atoms with E-state index in [1.807, 2.05) is 78.9 Å². The fourth-order valence-electron chi connectivity index (χ4n) is 3.05. The predicted molar refractivity (Wildman–Crippen MR) is 105 cm³/mol. The Kier molecular flexibility index (Phi) is 4.74. The van der Waals surface area contributed by atoms with Gasteiger partial charge in [-0.15, -0.1) is 0 Å². The molecule has 2 N–H and O–H groups in total. The van der Waals surface area contributed by atoms with Gasteiger partial charge in [0.25, 0.3) is 0 Å². The summed E-state index contributed by atoms with van der Waals surface area (Å²) in [6.07, 6.45) is 3.44. The molecule has 2 heterocycles. The van der Waals surface area contributed by atoms with Crippen molar-refractivity contribution in [3.63, 3.8) is 0 Å². The molecule has 27 heavy (non-hydrogen) atoms. The number of nitrogens with zero attached hydrogens (tertiary/aromatic N) is 2. The minimum atomic E-state index is -0.409. The molecule has 0 spiro atoms. The zero-order valence-electron chi connectivity index (χ0n) is 14.5. The predicted octanol–water partition coefficient (Wildman–Crippen LogP) is 4.24. The average Bonchev–Trinajstić information content (AvgIpc) is 3.19. The molecular weight excluding hydrogens is 336 g/mol. The molecule has 2 aromatic heterocycles. The SMILES string of the molecule is O=C(Nc1cc(-c2ccncc2)[nH]n1)C(c1ccccc1)c1ccccc1. The van der Waals surface area contributed by atoms with Gasteiger partial charge in [0.15, 0.2) is 5.82 Å². The number of aromatic nitrogens is 3. The van der Waals surface area contributed by atoms with Crippen molar-refractivity contribution in [3.05, 3.63) is 102 Å². The Morgan fingerprint density at radius 2 is 1.44 bits per heavy atom. The molecule has 0 aliphatic heterocycles. The van der Waals surface area contributed by atoms with E-state index < -0.39 is 5.92 Å². The molecule has 0 aliphatic rings. The second kappa shape index (κ2) is 7.66. The van der Waals surface area contributed by atoms with E-state index in [9.17, 15) is 4.79 Å². The molecule has 4 aromatic rings. The van der Waals surface area contributed by atoms with Crippen LogP contribution in [0.3, 0.4) is 0 Å². The van der Waals surface area contributed by atoms with Gasteiger partial charge in [-0.2, -0.15) is 5.10 Å². The number of H-pyrrole nitrogens is 1. The van der Waals surface area contributed by atoms with E-state index in [4.69, 9.17) is 0 Å². The lowest BCUT2D eigenvalue weighted by atomic mass is 9.90. The van der Waals surface area contributed by atoms with E-state index in [0.717, 1.165) is 22.4 Å². The first-order valence-corrected chi connectivity index (χ1v) is 8.68. The van der Waals surface area contributed by atoms with Gasteiger partial charge in [-0.3, -0.25) is 14.9 Å². The number of carbonyl (C=O) groups excluding carboxylic acids is 1. The smallest absolute Gasteiger partial charge is 0.237 e. The number of hydrogen-bond acceptors (Lipinski definition) is 3. The van der Waals surface area contributed by atoms with Crippen LogP contribution in [0.5, 0.6) is 0 Å². The lowest BCUT2D eigenvalue weighted by Gasteiger charge is -2.17. The number of rotatable bonds is 5. The highest BCUT2D eigenvalue weighted by Gasteiger charge is 2.23. The number of hydrogen-bond donors (Lipinski definition) is 2. The molecule has 132 valence electrons. The van der Waals surface area contributed by atoms with Crippen LogP contribution >= 0.6 is 0 Å². The van der Waals surface area contributed by atoms with E-state index in [-0.39, 0.29) is 5.91 Å². The van der Waals surface area contributed by atoms with Crippen molar-refractivity contribution in [1.29, 1.82) is 0 Å². The molecule has 0 aliphatic carbocycles. The van der Waals surface area contributed by atoms with Crippen LogP contribution in [0.2, 0.25) is 0 Å². The third-order valence-corrected chi connectivity index (χ3v) is 4.35. The first kappa shape index (κ1) is 16.7. The van der Waals surface area contributed by atoms with Gasteiger partial charge in [0.05, 0.1) is 11.6 Å². The molecule has 0 fully saturated rings. The Bertz CT molecular complexity index is 974. The van der Waals surface area contributed by atoms with E-state index >= 15 is 0 Å². The third kappa shape index (κ3) is 3.77. The number of aromatic amines is 1. The van der Waals surface area contributed by atoms with Gasteiger partial charge in [-0.25, -0.2) is 0 Å². The summed E-state index contributed by atoms with van der Waals surface area (Å²) >= 11 is 0. The number of pyridine rings is 1. The number of benzene rings is 2. The van der Waals surface area contributed by atoms with Crippen LogP contribution in [0.25, 0.3) is 11.3 Å². The van der Waals surface area contributed by atoms with Gasteiger partial charge in [0.2, 0.25) is 5.91 Å². The fraction of sp³-hybridized carbons (Fsp3) is 0.0455. The maximum atomic E-state index is 13.1. The molecule has 2 aromatic carbocycles. The molecule has 5 heteroatoms. The summed E-state index contributed by atoms with van der Waals surface area (Å²) in [6, 6.07) is 25.1. The quantitative estimate of drug-likeness (QED) is 0.563. The van der Waals surface area contributed by atoms with Crippen molar-refractivity contribution in [2.75, 3.05) is 5.32 Å². The summed E-state index contributed by atoms with van der Waals surface area (Å²) < 4.78 is 0. The number of carbonyl (C=O) groups is 1. The van der Waals surface area contributed by atoms with Crippen LogP contribution in [0.4, 0.5) is 5.82 Å². The molecule has 1 amide bonds. The standard InChI is InChI=1S/C22H18N4O/c27-22(24-20-15-19(25-26-20)16-11-13-23-14-12-16)21(17-7-3-1-4-8-17)18-9-5-2-6-10-18/h1-15,21H,(H2,24,25,26,27). The fourth-order valence-corrected chi connectivity index (χ4v) is 3.05. The summed E-state index contributed by atoms with van der Waals surface area (Å²) in [6.45, 7) is 0. The molecule has 4 rings (SSSR count). The molecule has 5 nitrogen and oxygen atoms in total. The molecule has 0 unspecified atom stereocenters. The van der Waals surface area contributed by atoms with E-state index in [1.165, 1.54) is 0 Å². The lowest BCUT2D eigenvalue weighted by molar-refractivity contribution is -0.116. The van der Waals surface area contributed by atoms with Crippen molar-refractivity contribution in [1.82, 2.24) is 15.2 Å². The molecular formula is C22H18N4O. The summed E-state index contributed by atoms with van der Waals surface area (Å²) in [5, 5.41) is 10.1. The highest BCUT2D eigenvalue weighted by molar-refractivity contribution is 5.97. The molecule has 0 saturated heterocycles. The van der Waals surface area contributed by atoms with Crippen molar-refractivity contribution in [2.24, 2.45) is 0 Å². The number of amides is 1. The maximum absolute atomic E-state index is 13.1. The zero-order valence-corrected chi connectivity index (χ0v) is 14.5. The van der Waals surface area contributed by atoms with E-state index in [2.05, 4.69) is 20.5 Å². The van der Waals surface area contributed by atoms with Crippen LogP contribution < -0.4 is 5.32 Å². The summed E-state index contributed by atoms with van der Waals surface area (Å²) in [7, 11) is 0. The van der Waals surface area contributed by atoms with Crippen LogP contribution in [0.15, 0.2) is 91.3 Å². The Morgan fingerprint density at radius 3 is 2.04 bits per heavy atom. The third-order valence-electron chi connectivity index (χ3n) is 4.35. The van der Waals surface area contributed by atoms with Crippen LogP contribution in [0.1, 0.15) is 17.0 Å². The normalized spacial score (nSPS) is 10.7. The molecule has 0 atom stereocenters. The van der Waals surface area contributed by atoms with Crippen molar-refractivity contribution in [2.45, 2.75) is 5.92 Å². The molecule has 0 saturated carbocycles. The van der Waals surface area contributed by atoms with Crippen molar-refractivity contribution < 1.29 is 4.79 Å². The topological polar surface area (TPSA) is 70.7 Å². The summed E-state index contributed by atoms with van der Waals surface area (Å²) in [5.74, 6) is -0.0441. The largest absolute Gasteiger partial charge is 0.308 e. The Hall–Kier alpha value is -3.73. The number of anilines is 1. The monoisotopic (exact) mass is 354 g/mol. The van der Waals surface area contributed by atoms with Gasteiger partial charge in [-0.1, -0.05) is 60.7 Å². The summed E-state index contributed by atoms with van der Waals surface area (Å²) in [5.41, 5.74) is 3.65. The minimum Gasteiger partial charge on any atom is -0.308 e. The minimum absolute atomic E-state index is 0.125. The first-order chi connectivity index (χ1) is 13.3. The molecule has 0 bridgehead atoms. The molecule has 0 radical (unpaired) electrons. The van der Waals surface area contributed by atoms with Gasteiger partial charge in [0, 0.05) is 24.0 Å². The highest BCUT2D eigenvalue weighted by Crippen LogP contribution is 2.26.